The minimum atomic E-state index is -1.06. The van der Waals surface area contributed by atoms with E-state index >= 15 is 0 Å². The molecule has 3 aliphatic rings. The van der Waals surface area contributed by atoms with Crippen molar-refractivity contribution in [3.63, 3.8) is 0 Å². The predicted molar refractivity (Wildman–Crippen MR) is 57.9 cm³/mol. The normalized spacial score (nSPS) is 34.4. The Morgan fingerprint density at radius 3 is 2.44 bits per heavy atom. The number of carbonyl (C=O) groups excluding carboxylic acids is 1. The molecule has 5 heteroatoms. The maximum absolute atomic E-state index is 11.6. The van der Waals surface area contributed by atoms with Crippen LogP contribution in [0.15, 0.2) is 0 Å². The van der Waals surface area contributed by atoms with Gasteiger partial charge in [0.05, 0.1) is 0 Å². The predicted octanol–water partition coefficient (Wildman–Crippen LogP) is -0.0825. The van der Waals surface area contributed by atoms with Crippen LogP contribution in [0.4, 0.5) is 0 Å². The van der Waals surface area contributed by atoms with Gasteiger partial charge in [-0.25, -0.2) is 0 Å². The Morgan fingerprint density at radius 1 is 1.38 bits per heavy atom. The topological polar surface area (TPSA) is 69.6 Å². The van der Waals surface area contributed by atoms with Crippen molar-refractivity contribution < 1.29 is 14.7 Å². The minimum Gasteiger partial charge on any atom is -0.481 e. The molecule has 90 valence electrons. The van der Waals surface area contributed by atoms with E-state index in [0.717, 1.165) is 32.5 Å². The number of carboxylic acid groups (broad SMARTS) is 1. The molecule has 0 aliphatic carbocycles. The standard InChI is InChI=1S/C11H18N2O3/c1-7(11(15)16)10(14)12-9-6-13-4-2-8(9)3-5-13/h7-9H,2-6H2,1H3,(H,12,14)(H,15,16). The number of hydrogen-bond acceptors (Lipinski definition) is 3. The van der Waals surface area contributed by atoms with Crippen molar-refractivity contribution in [1.29, 1.82) is 0 Å². The summed E-state index contributed by atoms with van der Waals surface area (Å²) in [4.78, 5) is 24.6. The molecule has 2 bridgehead atoms. The summed E-state index contributed by atoms with van der Waals surface area (Å²) in [6.45, 7) is 4.54. The monoisotopic (exact) mass is 226 g/mol. The second-order valence-electron chi connectivity index (χ2n) is 4.81. The van der Waals surface area contributed by atoms with Gasteiger partial charge in [0.15, 0.2) is 0 Å². The molecule has 0 radical (unpaired) electrons. The van der Waals surface area contributed by atoms with Crippen molar-refractivity contribution in [2.45, 2.75) is 25.8 Å². The van der Waals surface area contributed by atoms with Gasteiger partial charge in [0, 0.05) is 12.6 Å². The Balaban J connectivity index is 1.90. The summed E-state index contributed by atoms with van der Waals surface area (Å²) in [7, 11) is 0. The molecular formula is C11H18N2O3. The van der Waals surface area contributed by atoms with Gasteiger partial charge in [-0.1, -0.05) is 0 Å². The lowest BCUT2D eigenvalue weighted by Crippen LogP contribution is -2.58. The van der Waals surface area contributed by atoms with Crippen molar-refractivity contribution in [1.82, 2.24) is 10.2 Å². The van der Waals surface area contributed by atoms with Crippen LogP contribution in [-0.4, -0.2) is 47.6 Å². The first-order valence-corrected chi connectivity index (χ1v) is 5.83. The number of carboxylic acids is 1. The van der Waals surface area contributed by atoms with E-state index in [-0.39, 0.29) is 11.9 Å². The summed E-state index contributed by atoms with van der Waals surface area (Å²) in [5.74, 6) is -1.82. The van der Waals surface area contributed by atoms with E-state index in [4.69, 9.17) is 5.11 Å². The highest BCUT2D eigenvalue weighted by Gasteiger charge is 2.36. The Morgan fingerprint density at radius 2 is 2.00 bits per heavy atom. The first-order valence-electron chi connectivity index (χ1n) is 5.83. The third kappa shape index (κ3) is 2.19. The van der Waals surface area contributed by atoms with Gasteiger partial charge in [0.25, 0.3) is 0 Å². The van der Waals surface area contributed by atoms with Crippen LogP contribution < -0.4 is 5.32 Å². The van der Waals surface area contributed by atoms with Crippen LogP contribution in [0.2, 0.25) is 0 Å². The molecule has 2 unspecified atom stereocenters. The lowest BCUT2D eigenvalue weighted by Gasteiger charge is -2.45. The Labute approximate surface area is 94.8 Å². The molecule has 5 nitrogen and oxygen atoms in total. The number of amides is 1. The van der Waals surface area contributed by atoms with Crippen LogP contribution in [0.1, 0.15) is 19.8 Å². The number of piperidine rings is 3. The van der Waals surface area contributed by atoms with Gasteiger partial charge in [-0.15, -0.1) is 0 Å². The van der Waals surface area contributed by atoms with E-state index in [0.29, 0.717) is 5.92 Å². The van der Waals surface area contributed by atoms with Crippen LogP contribution in [0.5, 0.6) is 0 Å². The molecule has 2 N–H and O–H groups in total. The molecule has 3 heterocycles. The van der Waals surface area contributed by atoms with Crippen molar-refractivity contribution >= 4 is 11.9 Å². The highest BCUT2D eigenvalue weighted by atomic mass is 16.4. The quantitative estimate of drug-likeness (QED) is 0.660. The first kappa shape index (κ1) is 11.4. The van der Waals surface area contributed by atoms with E-state index in [1.807, 2.05) is 0 Å². The van der Waals surface area contributed by atoms with Crippen LogP contribution in [-0.2, 0) is 9.59 Å². The number of carbonyl (C=O) groups is 2. The van der Waals surface area contributed by atoms with Crippen molar-refractivity contribution in [2.75, 3.05) is 19.6 Å². The fourth-order valence-corrected chi connectivity index (χ4v) is 2.55. The second-order valence-corrected chi connectivity index (χ2v) is 4.81. The smallest absolute Gasteiger partial charge is 0.315 e. The van der Waals surface area contributed by atoms with Gasteiger partial charge >= 0.3 is 5.97 Å². The summed E-state index contributed by atoms with van der Waals surface area (Å²) in [5.41, 5.74) is 0. The number of hydrogen-bond donors (Lipinski definition) is 2. The molecule has 3 saturated heterocycles. The lowest BCUT2D eigenvalue weighted by molar-refractivity contribution is -0.146. The summed E-state index contributed by atoms with van der Waals surface area (Å²) in [6, 6.07) is 0.150. The maximum Gasteiger partial charge on any atom is 0.315 e. The molecule has 3 rings (SSSR count). The minimum absolute atomic E-state index is 0.150. The van der Waals surface area contributed by atoms with Gasteiger partial charge in [-0.05, 0) is 38.8 Å². The van der Waals surface area contributed by atoms with Crippen molar-refractivity contribution in [2.24, 2.45) is 11.8 Å². The average molecular weight is 226 g/mol. The zero-order valence-electron chi connectivity index (χ0n) is 9.48. The van der Waals surface area contributed by atoms with Crippen molar-refractivity contribution in [3.8, 4) is 0 Å². The zero-order chi connectivity index (χ0) is 11.7. The molecule has 0 saturated carbocycles. The second kappa shape index (κ2) is 4.41. The van der Waals surface area contributed by atoms with Gasteiger partial charge in [0.1, 0.15) is 5.92 Å². The van der Waals surface area contributed by atoms with Crippen LogP contribution in [0.25, 0.3) is 0 Å². The molecule has 2 atom stereocenters. The summed E-state index contributed by atoms with van der Waals surface area (Å²) in [6.07, 6.45) is 2.23. The number of rotatable bonds is 3. The van der Waals surface area contributed by atoms with E-state index in [1.165, 1.54) is 6.92 Å². The molecule has 0 aromatic carbocycles. The number of aliphatic carboxylic acids is 1. The van der Waals surface area contributed by atoms with Gasteiger partial charge in [-0.3, -0.25) is 9.59 Å². The van der Waals surface area contributed by atoms with E-state index in [9.17, 15) is 9.59 Å². The number of nitrogens with zero attached hydrogens (tertiary/aromatic N) is 1. The van der Waals surface area contributed by atoms with Crippen LogP contribution in [0.3, 0.4) is 0 Å². The molecular weight excluding hydrogens is 208 g/mol. The number of fused-ring (bicyclic) bond motifs is 3. The van der Waals surface area contributed by atoms with Gasteiger partial charge < -0.3 is 15.3 Å². The van der Waals surface area contributed by atoms with E-state index in [1.54, 1.807) is 0 Å². The van der Waals surface area contributed by atoms with Gasteiger partial charge in [0.2, 0.25) is 5.91 Å². The number of nitrogens with one attached hydrogen (secondary N) is 1. The summed E-state index contributed by atoms with van der Waals surface area (Å²) < 4.78 is 0. The van der Waals surface area contributed by atoms with Gasteiger partial charge in [-0.2, -0.15) is 0 Å². The summed E-state index contributed by atoms with van der Waals surface area (Å²) in [5, 5.41) is 11.6. The molecule has 0 aromatic rings. The molecule has 3 aliphatic heterocycles. The Bertz CT molecular complexity index is 298. The maximum atomic E-state index is 11.6. The largest absolute Gasteiger partial charge is 0.481 e. The van der Waals surface area contributed by atoms with Crippen molar-refractivity contribution in [3.05, 3.63) is 0 Å². The Kier molecular flexibility index (Phi) is 3.14. The lowest BCUT2D eigenvalue weighted by atomic mass is 9.84. The molecule has 0 spiro atoms. The fraction of sp³-hybridized carbons (Fsp3) is 0.818. The summed E-state index contributed by atoms with van der Waals surface area (Å²) >= 11 is 0. The zero-order valence-corrected chi connectivity index (χ0v) is 9.48. The highest BCUT2D eigenvalue weighted by Crippen LogP contribution is 2.27. The molecule has 1 amide bonds. The Hall–Kier alpha value is -1.10. The van der Waals surface area contributed by atoms with Crippen LogP contribution >= 0.6 is 0 Å². The SMILES string of the molecule is CC(C(=O)O)C(=O)NC1CN2CCC1CC2. The van der Waals surface area contributed by atoms with Crippen LogP contribution in [0, 0.1) is 11.8 Å². The fourth-order valence-electron chi connectivity index (χ4n) is 2.55. The average Bonchev–Trinajstić information content (AvgIpc) is 2.29. The third-order valence-electron chi connectivity index (χ3n) is 3.75. The first-order chi connectivity index (χ1) is 7.58. The van der Waals surface area contributed by atoms with E-state index in [2.05, 4.69) is 10.2 Å². The highest BCUT2D eigenvalue weighted by molar-refractivity contribution is 5.96. The molecule has 3 fully saturated rings. The molecule has 16 heavy (non-hydrogen) atoms. The molecule has 0 aromatic heterocycles. The van der Waals surface area contributed by atoms with E-state index < -0.39 is 11.9 Å². The third-order valence-corrected chi connectivity index (χ3v) is 3.75.